The first-order valence-corrected chi connectivity index (χ1v) is 11.2. The SMILES string of the molecule is CCC(=O)N1c2ccc(S(=O)(=O)NC[C@@H]3COc4ccccc4O3)cc2C[C@@H]1C. The third-order valence-corrected chi connectivity index (χ3v) is 6.64. The van der Waals surface area contributed by atoms with Crippen molar-refractivity contribution < 1.29 is 22.7 Å². The number of para-hydroxylation sites is 2. The van der Waals surface area contributed by atoms with Crippen molar-refractivity contribution in [1.29, 1.82) is 0 Å². The van der Waals surface area contributed by atoms with Crippen LogP contribution in [0.25, 0.3) is 0 Å². The van der Waals surface area contributed by atoms with Gasteiger partial charge in [-0.1, -0.05) is 19.1 Å². The van der Waals surface area contributed by atoms with Gasteiger partial charge in [-0.2, -0.15) is 0 Å². The zero-order valence-corrected chi connectivity index (χ0v) is 17.2. The predicted molar refractivity (Wildman–Crippen MR) is 109 cm³/mol. The number of carbonyl (C=O) groups excluding carboxylic acids is 1. The summed E-state index contributed by atoms with van der Waals surface area (Å²) < 4.78 is 39.6. The first kappa shape index (κ1) is 19.7. The van der Waals surface area contributed by atoms with Crippen molar-refractivity contribution in [2.24, 2.45) is 0 Å². The Morgan fingerprint density at radius 2 is 1.97 bits per heavy atom. The molecule has 0 fully saturated rings. The van der Waals surface area contributed by atoms with Crippen LogP contribution in [0.5, 0.6) is 11.5 Å². The van der Waals surface area contributed by atoms with Crippen molar-refractivity contribution in [3.63, 3.8) is 0 Å². The van der Waals surface area contributed by atoms with Gasteiger partial charge in [0.2, 0.25) is 15.9 Å². The summed E-state index contributed by atoms with van der Waals surface area (Å²) in [6, 6.07) is 12.2. The smallest absolute Gasteiger partial charge is 0.240 e. The Morgan fingerprint density at radius 1 is 1.21 bits per heavy atom. The molecule has 7 nitrogen and oxygen atoms in total. The van der Waals surface area contributed by atoms with Crippen LogP contribution in [0.4, 0.5) is 5.69 Å². The van der Waals surface area contributed by atoms with Crippen LogP contribution in [-0.4, -0.2) is 39.6 Å². The summed E-state index contributed by atoms with van der Waals surface area (Å²) >= 11 is 0. The summed E-state index contributed by atoms with van der Waals surface area (Å²) in [5.41, 5.74) is 1.66. The molecule has 2 aliphatic rings. The first-order valence-electron chi connectivity index (χ1n) is 9.72. The molecule has 8 heteroatoms. The summed E-state index contributed by atoms with van der Waals surface area (Å²) in [6.07, 6.45) is 0.644. The van der Waals surface area contributed by atoms with Gasteiger partial charge < -0.3 is 14.4 Å². The maximum atomic E-state index is 12.8. The zero-order valence-electron chi connectivity index (χ0n) is 16.4. The number of amides is 1. The predicted octanol–water partition coefficient (Wildman–Crippen LogP) is 2.49. The fraction of sp³-hybridized carbons (Fsp3) is 0.381. The molecule has 2 heterocycles. The van der Waals surface area contributed by atoms with E-state index in [-0.39, 0.29) is 30.0 Å². The van der Waals surface area contributed by atoms with Gasteiger partial charge in [-0.15, -0.1) is 0 Å². The molecule has 0 aromatic heterocycles. The van der Waals surface area contributed by atoms with Gasteiger partial charge in [0.05, 0.1) is 11.4 Å². The number of fused-ring (bicyclic) bond motifs is 2. The van der Waals surface area contributed by atoms with Crippen LogP contribution in [-0.2, 0) is 21.2 Å². The lowest BCUT2D eigenvalue weighted by Crippen LogP contribution is -2.40. The number of sulfonamides is 1. The van der Waals surface area contributed by atoms with Gasteiger partial charge in [0.15, 0.2) is 11.5 Å². The molecule has 0 spiro atoms. The van der Waals surface area contributed by atoms with E-state index >= 15 is 0 Å². The number of anilines is 1. The minimum absolute atomic E-state index is 0.0243. The van der Waals surface area contributed by atoms with Crippen molar-refractivity contribution >= 4 is 21.6 Å². The van der Waals surface area contributed by atoms with E-state index in [4.69, 9.17) is 9.47 Å². The van der Waals surface area contributed by atoms with E-state index in [1.165, 1.54) is 0 Å². The molecule has 29 heavy (non-hydrogen) atoms. The van der Waals surface area contributed by atoms with Crippen molar-refractivity contribution in [3.8, 4) is 11.5 Å². The Labute approximate surface area is 170 Å². The van der Waals surface area contributed by atoms with E-state index in [0.29, 0.717) is 24.3 Å². The average Bonchev–Trinajstić information content (AvgIpc) is 3.06. The number of nitrogens with zero attached hydrogens (tertiary/aromatic N) is 1. The van der Waals surface area contributed by atoms with Gasteiger partial charge in [0.25, 0.3) is 0 Å². The van der Waals surface area contributed by atoms with Gasteiger partial charge in [-0.05, 0) is 49.2 Å². The number of ether oxygens (including phenoxy) is 2. The molecule has 1 N–H and O–H groups in total. The average molecular weight is 416 g/mol. The lowest BCUT2D eigenvalue weighted by molar-refractivity contribution is -0.118. The molecular formula is C21H24N2O5S. The van der Waals surface area contributed by atoms with E-state index in [2.05, 4.69) is 4.72 Å². The number of benzene rings is 2. The monoisotopic (exact) mass is 416 g/mol. The van der Waals surface area contributed by atoms with Crippen molar-refractivity contribution in [3.05, 3.63) is 48.0 Å². The third-order valence-electron chi connectivity index (χ3n) is 5.22. The minimum Gasteiger partial charge on any atom is -0.486 e. The quantitative estimate of drug-likeness (QED) is 0.810. The van der Waals surface area contributed by atoms with E-state index in [9.17, 15) is 13.2 Å². The Kier molecular flexibility index (Phi) is 5.23. The van der Waals surface area contributed by atoms with E-state index in [0.717, 1.165) is 11.3 Å². The summed E-state index contributed by atoms with van der Waals surface area (Å²) in [7, 11) is -3.71. The van der Waals surface area contributed by atoms with Gasteiger partial charge in [-0.3, -0.25) is 4.79 Å². The first-order chi connectivity index (χ1) is 13.9. The number of hydrogen-bond acceptors (Lipinski definition) is 5. The normalized spacial score (nSPS) is 20.4. The topological polar surface area (TPSA) is 84.9 Å². The lowest BCUT2D eigenvalue weighted by atomic mass is 10.1. The van der Waals surface area contributed by atoms with Gasteiger partial charge in [-0.25, -0.2) is 13.1 Å². The van der Waals surface area contributed by atoms with Crippen LogP contribution in [0, 0.1) is 0 Å². The van der Waals surface area contributed by atoms with Crippen molar-refractivity contribution in [2.75, 3.05) is 18.1 Å². The number of carbonyl (C=O) groups is 1. The van der Waals surface area contributed by atoms with Crippen LogP contribution < -0.4 is 19.1 Å². The van der Waals surface area contributed by atoms with Crippen LogP contribution in [0.3, 0.4) is 0 Å². The highest BCUT2D eigenvalue weighted by atomic mass is 32.2. The number of hydrogen-bond donors (Lipinski definition) is 1. The molecule has 2 aliphatic heterocycles. The fourth-order valence-corrected chi connectivity index (χ4v) is 4.89. The Balaban J connectivity index is 1.46. The maximum Gasteiger partial charge on any atom is 0.240 e. The molecule has 1 amide bonds. The standard InChI is InChI=1S/C21H24N2O5S/c1-3-21(24)23-14(2)10-15-11-17(8-9-18(15)23)29(25,26)22-12-16-13-27-19-6-4-5-7-20(19)28-16/h4-9,11,14,16,22H,3,10,12-13H2,1-2H3/t14-,16+/m0/s1. The fourth-order valence-electron chi connectivity index (χ4n) is 3.77. The molecule has 154 valence electrons. The maximum absolute atomic E-state index is 12.8. The third kappa shape index (κ3) is 3.82. The molecule has 2 aromatic carbocycles. The highest BCUT2D eigenvalue weighted by molar-refractivity contribution is 7.89. The molecule has 2 aromatic rings. The molecule has 0 aliphatic carbocycles. The molecule has 0 radical (unpaired) electrons. The second-order valence-electron chi connectivity index (χ2n) is 7.31. The van der Waals surface area contributed by atoms with Gasteiger partial charge >= 0.3 is 0 Å². The Bertz CT molecular complexity index is 1040. The summed E-state index contributed by atoms with van der Waals surface area (Å²) in [5.74, 6) is 1.31. The Morgan fingerprint density at radius 3 is 2.72 bits per heavy atom. The van der Waals surface area contributed by atoms with E-state index < -0.39 is 16.1 Å². The lowest BCUT2D eigenvalue weighted by Gasteiger charge is -2.26. The van der Waals surface area contributed by atoms with Gasteiger partial charge in [0.1, 0.15) is 12.7 Å². The summed E-state index contributed by atoms with van der Waals surface area (Å²) in [6.45, 7) is 4.17. The second kappa shape index (κ2) is 7.68. The van der Waals surface area contributed by atoms with Crippen molar-refractivity contribution in [1.82, 2.24) is 4.72 Å². The van der Waals surface area contributed by atoms with Crippen LogP contribution in [0.2, 0.25) is 0 Å². The highest BCUT2D eigenvalue weighted by Gasteiger charge is 2.31. The highest BCUT2D eigenvalue weighted by Crippen LogP contribution is 2.34. The van der Waals surface area contributed by atoms with E-state index in [1.807, 2.05) is 32.0 Å². The largest absolute Gasteiger partial charge is 0.486 e. The summed E-state index contributed by atoms with van der Waals surface area (Å²) in [4.78, 5) is 14.1. The molecule has 0 bridgehead atoms. The second-order valence-corrected chi connectivity index (χ2v) is 9.08. The summed E-state index contributed by atoms with van der Waals surface area (Å²) in [5, 5.41) is 0. The van der Waals surface area contributed by atoms with Crippen LogP contribution >= 0.6 is 0 Å². The van der Waals surface area contributed by atoms with E-state index in [1.54, 1.807) is 29.2 Å². The number of nitrogens with one attached hydrogen (secondary N) is 1. The minimum atomic E-state index is -3.71. The van der Waals surface area contributed by atoms with Crippen LogP contribution in [0.1, 0.15) is 25.8 Å². The zero-order chi connectivity index (χ0) is 20.6. The number of rotatable bonds is 5. The van der Waals surface area contributed by atoms with Crippen LogP contribution in [0.15, 0.2) is 47.4 Å². The molecular weight excluding hydrogens is 392 g/mol. The Hall–Kier alpha value is -2.58. The molecule has 0 saturated heterocycles. The molecule has 2 atom stereocenters. The van der Waals surface area contributed by atoms with Gasteiger partial charge in [0, 0.05) is 18.2 Å². The molecule has 0 saturated carbocycles. The van der Waals surface area contributed by atoms with Crippen molar-refractivity contribution in [2.45, 2.75) is 43.7 Å². The molecule has 4 rings (SSSR count). The molecule has 0 unspecified atom stereocenters.